The fourth-order valence-corrected chi connectivity index (χ4v) is 1.44. The molecule has 0 saturated carbocycles. The SMILES string of the molecule is CCNCc1ccc(OCc2nncn2C)cn1. The molecule has 0 unspecified atom stereocenters. The fraction of sp³-hybridized carbons (Fsp3) is 0.417. The van der Waals surface area contributed by atoms with Gasteiger partial charge in [0, 0.05) is 13.6 Å². The van der Waals surface area contributed by atoms with Gasteiger partial charge in [-0.1, -0.05) is 6.92 Å². The maximum absolute atomic E-state index is 5.58. The third-order valence-corrected chi connectivity index (χ3v) is 2.53. The van der Waals surface area contributed by atoms with E-state index in [0.717, 1.165) is 30.4 Å². The van der Waals surface area contributed by atoms with Crippen LogP contribution in [0.15, 0.2) is 24.7 Å². The van der Waals surface area contributed by atoms with Crippen LogP contribution in [0.2, 0.25) is 0 Å². The average molecular weight is 247 g/mol. The third kappa shape index (κ3) is 3.27. The molecule has 0 aliphatic heterocycles. The minimum atomic E-state index is 0.394. The van der Waals surface area contributed by atoms with Crippen LogP contribution in [-0.2, 0) is 20.2 Å². The fourth-order valence-electron chi connectivity index (χ4n) is 1.44. The van der Waals surface area contributed by atoms with Crippen LogP contribution in [0.1, 0.15) is 18.4 Å². The smallest absolute Gasteiger partial charge is 0.170 e. The Bertz CT molecular complexity index is 479. The molecule has 0 fully saturated rings. The monoisotopic (exact) mass is 247 g/mol. The normalized spacial score (nSPS) is 10.6. The molecule has 2 aromatic rings. The Balaban J connectivity index is 1.88. The number of ether oxygens (including phenoxy) is 1. The van der Waals surface area contributed by atoms with Gasteiger partial charge in [-0.15, -0.1) is 10.2 Å². The van der Waals surface area contributed by atoms with Crippen LogP contribution in [-0.4, -0.2) is 26.3 Å². The highest BCUT2D eigenvalue weighted by Crippen LogP contribution is 2.10. The predicted molar refractivity (Wildman–Crippen MR) is 67.0 cm³/mol. The van der Waals surface area contributed by atoms with Crippen molar-refractivity contribution in [1.82, 2.24) is 25.1 Å². The number of hydrogen-bond donors (Lipinski definition) is 1. The second kappa shape index (κ2) is 6.11. The molecular formula is C12H17N5O. The first-order chi connectivity index (χ1) is 8.79. The van der Waals surface area contributed by atoms with E-state index >= 15 is 0 Å². The second-order valence-electron chi connectivity index (χ2n) is 3.91. The number of hydrogen-bond acceptors (Lipinski definition) is 5. The summed E-state index contributed by atoms with van der Waals surface area (Å²) in [6.07, 6.45) is 3.37. The number of aromatic nitrogens is 4. The van der Waals surface area contributed by atoms with Crippen LogP contribution < -0.4 is 10.1 Å². The summed E-state index contributed by atoms with van der Waals surface area (Å²) in [5, 5.41) is 11.0. The van der Waals surface area contributed by atoms with Crippen LogP contribution in [0.5, 0.6) is 5.75 Å². The molecule has 96 valence electrons. The highest BCUT2D eigenvalue weighted by molar-refractivity contribution is 5.19. The molecule has 0 atom stereocenters. The minimum absolute atomic E-state index is 0.394. The summed E-state index contributed by atoms with van der Waals surface area (Å²) in [6.45, 7) is 4.18. The van der Waals surface area contributed by atoms with E-state index in [9.17, 15) is 0 Å². The third-order valence-electron chi connectivity index (χ3n) is 2.53. The molecule has 2 aromatic heterocycles. The van der Waals surface area contributed by atoms with Crippen molar-refractivity contribution in [2.75, 3.05) is 6.54 Å². The van der Waals surface area contributed by atoms with Gasteiger partial charge in [-0.3, -0.25) is 4.98 Å². The quantitative estimate of drug-likeness (QED) is 0.821. The van der Waals surface area contributed by atoms with Crippen LogP contribution in [0.4, 0.5) is 0 Å². The van der Waals surface area contributed by atoms with Crippen molar-refractivity contribution in [3.05, 3.63) is 36.2 Å². The summed E-state index contributed by atoms with van der Waals surface area (Å²) < 4.78 is 7.41. The van der Waals surface area contributed by atoms with Crippen LogP contribution in [0, 0.1) is 0 Å². The predicted octanol–water partition coefficient (Wildman–Crippen LogP) is 0.899. The van der Waals surface area contributed by atoms with E-state index < -0.39 is 0 Å². The van der Waals surface area contributed by atoms with Gasteiger partial charge in [0.05, 0.1) is 11.9 Å². The van der Waals surface area contributed by atoms with E-state index in [-0.39, 0.29) is 0 Å². The second-order valence-corrected chi connectivity index (χ2v) is 3.91. The molecule has 6 nitrogen and oxygen atoms in total. The average Bonchev–Trinajstić information content (AvgIpc) is 2.81. The Morgan fingerprint density at radius 3 is 2.89 bits per heavy atom. The van der Waals surface area contributed by atoms with E-state index in [1.807, 2.05) is 23.7 Å². The van der Waals surface area contributed by atoms with Gasteiger partial charge in [0.1, 0.15) is 18.7 Å². The lowest BCUT2D eigenvalue weighted by Gasteiger charge is -2.06. The summed E-state index contributed by atoms with van der Waals surface area (Å²) >= 11 is 0. The molecule has 2 rings (SSSR count). The lowest BCUT2D eigenvalue weighted by atomic mass is 10.3. The van der Waals surface area contributed by atoms with Crippen molar-refractivity contribution < 1.29 is 4.74 Å². The Hall–Kier alpha value is -1.95. The van der Waals surface area contributed by atoms with Crippen molar-refractivity contribution in [3.63, 3.8) is 0 Å². The molecule has 2 heterocycles. The summed E-state index contributed by atoms with van der Waals surface area (Å²) in [4.78, 5) is 4.31. The Morgan fingerprint density at radius 2 is 2.28 bits per heavy atom. The first kappa shape index (κ1) is 12.5. The summed E-state index contributed by atoms with van der Waals surface area (Å²) in [5.41, 5.74) is 1.00. The maximum Gasteiger partial charge on any atom is 0.170 e. The van der Waals surface area contributed by atoms with Crippen molar-refractivity contribution >= 4 is 0 Å². The number of pyridine rings is 1. The maximum atomic E-state index is 5.58. The molecule has 0 amide bonds. The largest absolute Gasteiger partial charge is 0.484 e. The standard InChI is InChI=1S/C12H17N5O/c1-3-13-6-10-4-5-11(7-14-10)18-8-12-16-15-9-17(12)2/h4-5,7,9,13H,3,6,8H2,1-2H3. The van der Waals surface area contributed by atoms with Gasteiger partial charge in [-0.2, -0.15) is 0 Å². The minimum Gasteiger partial charge on any atom is -0.484 e. The van der Waals surface area contributed by atoms with Crippen molar-refractivity contribution in [3.8, 4) is 5.75 Å². The lowest BCUT2D eigenvalue weighted by Crippen LogP contribution is -2.12. The van der Waals surface area contributed by atoms with Crippen molar-refractivity contribution in [1.29, 1.82) is 0 Å². The van der Waals surface area contributed by atoms with E-state index in [0.29, 0.717) is 6.61 Å². The van der Waals surface area contributed by atoms with E-state index in [4.69, 9.17) is 4.74 Å². The van der Waals surface area contributed by atoms with Gasteiger partial charge >= 0.3 is 0 Å². The van der Waals surface area contributed by atoms with Crippen LogP contribution in [0.25, 0.3) is 0 Å². The van der Waals surface area contributed by atoms with Gasteiger partial charge in [0.25, 0.3) is 0 Å². The molecule has 0 spiro atoms. The Labute approximate surface area is 106 Å². The van der Waals surface area contributed by atoms with Crippen molar-refractivity contribution in [2.24, 2.45) is 7.05 Å². The van der Waals surface area contributed by atoms with Gasteiger partial charge in [0.15, 0.2) is 5.82 Å². The first-order valence-electron chi connectivity index (χ1n) is 5.91. The van der Waals surface area contributed by atoms with E-state index in [1.54, 1.807) is 12.5 Å². The molecule has 0 aliphatic rings. The summed E-state index contributed by atoms with van der Waals surface area (Å²) in [6, 6.07) is 3.87. The number of aryl methyl sites for hydroxylation is 1. The van der Waals surface area contributed by atoms with Gasteiger partial charge < -0.3 is 14.6 Å². The molecule has 0 saturated heterocycles. The molecule has 18 heavy (non-hydrogen) atoms. The highest BCUT2D eigenvalue weighted by Gasteiger charge is 2.02. The Morgan fingerprint density at radius 1 is 1.39 bits per heavy atom. The van der Waals surface area contributed by atoms with Crippen LogP contribution >= 0.6 is 0 Å². The molecule has 6 heteroatoms. The molecule has 0 radical (unpaired) electrons. The topological polar surface area (TPSA) is 64.9 Å². The Kier molecular flexibility index (Phi) is 4.25. The van der Waals surface area contributed by atoms with E-state index in [2.05, 4.69) is 27.4 Å². The lowest BCUT2D eigenvalue weighted by molar-refractivity contribution is 0.290. The van der Waals surface area contributed by atoms with Gasteiger partial charge in [0.2, 0.25) is 0 Å². The van der Waals surface area contributed by atoms with Gasteiger partial charge in [-0.05, 0) is 18.7 Å². The first-order valence-corrected chi connectivity index (χ1v) is 5.91. The number of rotatable bonds is 6. The highest BCUT2D eigenvalue weighted by atomic mass is 16.5. The van der Waals surface area contributed by atoms with E-state index in [1.165, 1.54) is 0 Å². The zero-order valence-corrected chi connectivity index (χ0v) is 10.6. The van der Waals surface area contributed by atoms with Crippen molar-refractivity contribution in [2.45, 2.75) is 20.1 Å². The molecule has 0 bridgehead atoms. The number of nitrogens with one attached hydrogen (secondary N) is 1. The zero-order valence-electron chi connectivity index (χ0n) is 10.6. The molecular weight excluding hydrogens is 230 g/mol. The van der Waals surface area contributed by atoms with Gasteiger partial charge in [-0.25, -0.2) is 0 Å². The molecule has 0 aliphatic carbocycles. The zero-order chi connectivity index (χ0) is 12.8. The molecule has 1 N–H and O–H groups in total. The molecule has 0 aromatic carbocycles. The van der Waals surface area contributed by atoms with Crippen LogP contribution in [0.3, 0.4) is 0 Å². The summed E-state index contributed by atoms with van der Waals surface area (Å²) in [5.74, 6) is 1.52. The summed E-state index contributed by atoms with van der Waals surface area (Å²) in [7, 11) is 1.89. The number of nitrogens with zero attached hydrogens (tertiary/aromatic N) is 4.